The minimum absolute atomic E-state index is 0.00926. The molecule has 1 amide bonds. The van der Waals surface area contributed by atoms with E-state index in [0.717, 1.165) is 0 Å². The van der Waals surface area contributed by atoms with Gasteiger partial charge in [0.15, 0.2) is 0 Å². The third-order valence-corrected chi connectivity index (χ3v) is 2.69. The highest BCUT2D eigenvalue weighted by Crippen LogP contribution is 2.29. The number of carbonyl (C=O) groups excluding carboxylic acids is 1. The first kappa shape index (κ1) is 8.13. The number of alkyl halides is 1. The zero-order valence-corrected chi connectivity index (χ0v) is 7.20. The topological polar surface area (TPSA) is 49.8 Å². The summed E-state index contributed by atoms with van der Waals surface area (Å²) in [7, 11) is 0. The Morgan fingerprint density at radius 3 is 3.17 bits per heavy atom. The Morgan fingerprint density at radius 1 is 1.75 bits per heavy atom. The number of halogens is 1. The van der Waals surface area contributed by atoms with E-state index >= 15 is 0 Å². The standard InChI is InChI=1S/C7H10ClNO3/c8-2-6-5-1-4(10)3-9(5)7(11)12-6/h4-6,10H,1-3H2/t4-,5+,6+/m0/s1. The molecule has 0 aromatic heterocycles. The number of aliphatic hydroxyl groups is 1. The van der Waals surface area contributed by atoms with E-state index < -0.39 is 6.10 Å². The highest BCUT2D eigenvalue weighted by Gasteiger charge is 2.47. The van der Waals surface area contributed by atoms with Crippen molar-refractivity contribution in [3.8, 4) is 0 Å². The summed E-state index contributed by atoms with van der Waals surface area (Å²) >= 11 is 5.60. The molecule has 0 aliphatic carbocycles. The quantitative estimate of drug-likeness (QED) is 0.602. The number of amides is 1. The Hall–Kier alpha value is -0.480. The molecule has 2 rings (SSSR count). The van der Waals surface area contributed by atoms with Crippen LogP contribution in [-0.2, 0) is 4.74 Å². The van der Waals surface area contributed by atoms with Crippen LogP contribution in [0.2, 0.25) is 0 Å². The first-order valence-corrected chi connectivity index (χ1v) is 4.47. The van der Waals surface area contributed by atoms with Gasteiger partial charge in [-0.05, 0) is 6.42 Å². The number of fused-ring (bicyclic) bond motifs is 1. The summed E-state index contributed by atoms with van der Waals surface area (Å²) in [6.07, 6.45) is -0.407. The second-order valence-corrected chi connectivity index (χ2v) is 3.49. The van der Waals surface area contributed by atoms with Gasteiger partial charge in [-0.2, -0.15) is 0 Å². The van der Waals surface area contributed by atoms with Gasteiger partial charge in [-0.3, -0.25) is 4.90 Å². The number of carbonyl (C=O) groups is 1. The molecule has 5 heteroatoms. The molecule has 0 spiro atoms. The molecule has 0 bridgehead atoms. The summed E-state index contributed by atoms with van der Waals surface area (Å²) in [5.41, 5.74) is 0. The Labute approximate surface area is 75.0 Å². The minimum atomic E-state index is -0.409. The number of rotatable bonds is 1. The summed E-state index contributed by atoms with van der Waals surface area (Å²) < 4.78 is 4.97. The highest BCUT2D eigenvalue weighted by molar-refractivity contribution is 6.18. The lowest BCUT2D eigenvalue weighted by atomic mass is 10.1. The van der Waals surface area contributed by atoms with Crippen LogP contribution in [0.5, 0.6) is 0 Å². The number of aliphatic hydroxyl groups excluding tert-OH is 1. The lowest BCUT2D eigenvalue weighted by Crippen LogP contribution is -2.31. The van der Waals surface area contributed by atoms with E-state index in [-0.39, 0.29) is 18.2 Å². The molecule has 0 aromatic rings. The Bertz CT molecular complexity index is 211. The van der Waals surface area contributed by atoms with Crippen LogP contribution in [0.1, 0.15) is 6.42 Å². The van der Waals surface area contributed by atoms with Crippen molar-refractivity contribution in [3.05, 3.63) is 0 Å². The van der Waals surface area contributed by atoms with E-state index in [2.05, 4.69) is 0 Å². The Morgan fingerprint density at radius 2 is 2.50 bits per heavy atom. The number of hydrogen-bond acceptors (Lipinski definition) is 3. The lowest BCUT2D eigenvalue weighted by Gasteiger charge is -2.12. The molecule has 2 fully saturated rings. The van der Waals surface area contributed by atoms with E-state index in [1.165, 1.54) is 0 Å². The van der Waals surface area contributed by atoms with Gasteiger partial charge < -0.3 is 9.84 Å². The molecule has 12 heavy (non-hydrogen) atoms. The van der Waals surface area contributed by atoms with Crippen LogP contribution < -0.4 is 0 Å². The normalized spacial score (nSPS) is 40.0. The fourth-order valence-corrected chi connectivity index (χ4v) is 2.08. The highest BCUT2D eigenvalue weighted by atomic mass is 35.5. The van der Waals surface area contributed by atoms with E-state index in [1.54, 1.807) is 4.90 Å². The maximum absolute atomic E-state index is 11.1. The summed E-state index contributed by atoms with van der Waals surface area (Å²) in [6, 6.07) is -0.00926. The molecule has 0 radical (unpaired) electrons. The molecule has 2 aliphatic rings. The summed E-state index contributed by atoms with van der Waals surface area (Å²) in [6.45, 7) is 0.386. The smallest absolute Gasteiger partial charge is 0.410 e. The molecule has 0 saturated carbocycles. The minimum Gasteiger partial charge on any atom is -0.443 e. The zero-order valence-electron chi connectivity index (χ0n) is 6.44. The van der Waals surface area contributed by atoms with Crippen molar-refractivity contribution < 1.29 is 14.6 Å². The van der Waals surface area contributed by atoms with Gasteiger partial charge in [0.25, 0.3) is 0 Å². The first-order valence-electron chi connectivity index (χ1n) is 3.93. The van der Waals surface area contributed by atoms with Crippen molar-refractivity contribution in [2.24, 2.45) is 0 Å². The molecule has 2 saturated heterocycles. The molecule has 1 N–H and O–H groups in total. The van der Waals surface area contributed by atoms with Crippen molar-refractivity contribution in [2.75, 3.05) is 12.4 Å². The molecule has 2 heterocycles. The van der Waals surface area contributed by atoms with Crippen molar-refractivity contribution in [3.63, 3.8) is 0 Å². The third kappa shape index (κ3) is 1.06. The van der Waals surface area contributed by atoms with Crippen LogP contribution in [-0.4, -0.2) is 46.8 Å². The van der Waals surface area contributed by atoms with Crippen LogP contribution in [0, 0.1) is 0 Å². The molecular weight excluding hydrogens is 182 g/mol. The van der Waals surface area contributed by atoms with E-state index in [9.17, 15) is 9.90 Å². The summed E-state index contributed by atoms with van der Waals surface area (Å²) in [4.78, 5) is 12.7. The predicted molar refractivity (Wildman–Crippen MR) is 42.1 cm³/mol. The molecule has 2 aliphatic heterocycles. The Kier molecular flexibility index (Phi) is 1.88. The third-order valence-electron chi connectivity index (χ3n) is 2.39. The van der Waals surface area contributed by atoms with Gasteiger partial charge >= 0.3 is 6.09 Å². The first-order chi connectivity index (χ1) is 5.72. The second kappa shape index (κ2) is 2.78. The van der Waals surface area contributed by atoms with Crippen molar-refractivity contribution in [1.29, 1.82) is 0 Å². The predicted octanol–water partition coefficient (Wildman–Crippen LogP) is 0.179. The Balaban J connectivity index is 2.13. The zero-order chi connectivity index (χ0) is 8.72. The number of hydrogen-bond donors (Lipinski definition) is 1. The van der Waals surface area contributed by atoms with E-state index in [1.807, 2.05) is 0 Å². The lowest BCUT2D eigenvalue weighted by molar-refractivity contribution is 0.116. The SMILES string of the molecule is O=C1O[C@H](CCl)[C@H]2C[C@H](O)CN12. The summed E-state index contributed by atoms with van der Waals surface area (Å²) in [5.74, 6) is 0.305. The average Bonchev–Trinajstić information content (AvgIpc) is 2.52. The maximum atomic E-state index is 11.1. The molecule has 4 nitrogen and oxygen atoms in total. The molecular formula is C7H10ClNO3. The largest absolute Gasteiger partial charge is 0.443 e. The fourth-order valence-electron chi connectivity index (χ4n) is 1.82. The van der Waals surface area contributed by atoms with Gasteiger partial charge in [0, 0.05) is 0 Å². The van der Waals surface area contributed by atoms with Gasteiger partial charge in [0.05, 0.1) is 24.6 Å². The molecule has 3 atom stereocenters. The van der Waals surface area contributed by atoms with E-state index in [0.29, 0.717) is 18.8 Å². The molecule has 68 valence electrons. The van der Waals surface area contributed by atoms with Crippen LogP contribution in [0.3, 0.4) is 0 Å². The van der Waals surface area contributed by atoms with Crippen LogP contribution >= 0.6 is 11.6 Å². The van der Waals surface area contributed by atoms with Gasteiger partial charge in [-0.1, -0.05) is 0 Å². The van der Waals surface area contributed by atoms with Crippen molar-refractivity contribution >= 4 is 17.7 Å². The maximum Gasteiger partial charge on any atom is 0.410 e. The van der Waals surface area contributed by atoms with Gasteiger partial charge in [-0.25, -0.2) is 4.79 Å². The second-order valence-electron chi connectivity index (χ2n) is 3.19. The molecule has 0 aromatic carbocycles. The van der Waals surface area contributed by atoms with Crippen molar-refractivity contribution in [1.82, 2.24) is 4.90 Å². The van der Waals surface area contributed by atoms with Crippen LogP contribution in [0.4, 0.5) is 4.79 Å². The monoisotopic (exact) mass is 191 g/mol. The fraction of sp³-hybridized carbons (Fsp3) is 0.857. The number of nitrogens with zero attached hydrogens (tertiary/aromatic N) is 1. The van der Waals surface area contributed by atoms with Crippen molar-refractivity contribution in [2.45, 2.75) is 24.7 Å². The van der Waals surface area contributed by atoms with Gasteiger partial charge in [-0.15, -0.1) is 11.6 Å². The van der Waals surface area contributed by atoms with Gasteiger partial charge in [0.2, 0.25) is 0 Å². The summed E-state index contributed by atoms with van der Waals surface area (Å²) in [5, 5.41) is 9.27. The molecule has 0 unspecified atom stereocenters. The van der Waals surface area contributed by atoms with Gasteiger partial charge in [0.1, 0.15) is 6.10 Å². The van der Waals surface area contributed by atoms with Crippen LogP contribution in [0.25, 0.3) is 0 Å². The average molecular weight is 192 g/mol. The van der Waals surface area contributed by atoms with E-state index in [4.69, 9.17) is 16.3 Å². The number of cyclic esters (lactones) is 1. The van der Waals surface area contributed by atoms with Crippen LogP contribution in [0.15, 0.2) is 0 Å². The number of ether oxygens (including phenoxy) is 1.